The van der Waals surface area contributed by atoms with Gasteiger partial charge in [-0.25, -0.2) is 0 Å². The van der Waals surface area contributed by atoms with Crippen LogP contribution in [0.25, 0.3) is 5.57 Å². The lowest BCUT2D eigenvalue weighted by atomic mass is 9.67. The second-order valence-electron chi connectivity index (χ2n) is 7.34. The Labute approximate surface area is 119 Å². The van der Waals surface area contributed by atoms with E-state index in [-0.39, 0.29) is 5.41 Å². The molecular weight excluding hydrogens is 228 g/mol. The van der Waals surface area contributed by atoms with Crippen LogP contribution in [0.3, 0.4) is 0 Å². The van der Waals surface area contributed by atoms with Crippen molar-refractivity contribution in [1.29, 1.82) is 0 Å². The van der Waals surface area contributed by atoms with Crippen molar-refractivity contribution in [2.45, 2.75) is 48.0 Å². The van der Waals surface area contributed by atoms with Crippen molar-refractivity contribution in [2.24, 2.45) is 23.2 Å². The maximum absolute atomic E-state index is 4.42. The molecule has 1 aromatic carbocycles. The van der Waals surface area contributed by atoms with Crippen molar-refractivity contribution >= 4 is 5.57 Å². The van der Waals surface area contributed by atoms with Crippen molar-refractivity contribution in [3.8, 4) is 0 Å². The molecule has 0 bridgehead atoms. The third kappa shape index (κ3) is 4.53. The van der Waals surface area contributed by atoms with Crippen molar-refractivity contribution < 1.29 is 0 Å². The van der Waals surface area contributed by atoms with Gasteiger partial charge < -0.3 is 0 Å². The molecule has 0 aliphatic rings. The summed E-state index contributed by atoms with van der Waals surface area (Å²) >= 11 is 0. The predicted octanol–water partition coefficient (Wildman–Crippen LogP) is 6.04. The Kier molecular flexibility index (Phi) is 5.40. The second-order valence-corrected chi connectivity index (χ2v) is 7.34. The van der Waals surface area contributed by atoms with Crippen LogP contribution in [0.1, 0.15) is 53.5 Å². The fourth-order valence-corrected chi connectivity index (χ4v) is 3.43. The summed E-state index contributed by atoms with van der Waals surface area (Å²) in [7, 11) is 0. The largest absolute Gasteiger partial charge is 0.0949 e. The molecule has 0 N–H and O–H groups in total. The van der Waals surface area contributed by atoms with Gasteiger partial charge in [-0.1, -0.05) is 78.5 Å². The summed E-state index contributed by atoms with van der Waals surface area (Å²) in [5.74, 6) is 1.92. The molecule has 0 fully saturated rings. The van der Waals surface area contributed by atoms with E-state index in [4.69, 9.17) is 0 Å². The van der Waals surface area contributed by atoms with Gasteiger partial charge in [-0.2, -0.15) is 0 Å². The smallest absolute Gasteiger partial charge is 0.00874 e. The minimum atomic E-state index is 0.251. The Morgan fingerprint density at radius 1 is 1.05 bits per heavy atom. The molecular formula is C19H30. The highest BCUT2D eigenvalue weighted by Crippen LogP contribution is 2.43. The Hall–Kier alpha value is -1.04. The zero-order valence-corrected chi connectivity index (χ0v) is 13.5. The first-order valence-electron chi connectivity index (χ1n) is 7.47. The third-order valence-electron chi connectivity index (χ3n) is 3.87. The zero-order valence-electron chi connectivity index (χ0n) is 13.5. The molecule has 2 atom stereocenters. The van der Waals surface area contributed by atoms with Crippen LogP contribution in [0.5, 0.6) is 0 Å². The van der Waals surface area contributed by atoms with Crippen LogP contribution in [0.15, 0.2) is 36.9 Å². The minimum Gasteiger partial charge on any atom is -0.0949 e. The summed E-state index contributed by atoms with van der Waals surface area (Å²) in [6, 6.07) is 10.6. The number of rotatable bonds is 5. The molecule has 0 aliphatic heterocycles. The van der Waals surface area contributed by atoms with Gasteiger partial charge in [0.05, 0.1) is 0 Å². The maximum atomic E-state index is 4.42. The molecule has 1 aromatic rings. The first-order valence-corrected chi connectivity index (χ1v) is 7.47. The molecule has 0 radical (unpaired) electrons. The standard InChI is InChI=1S/C19H30/c1-14(2)13-15(3)18(19(5,6)7)16(4)17-11-9-8-10-12-17/h8-12,14-15,18H,4,13H2,1-3,5-7H3. The number of benzene rings is 1. The quantitative estimate of drug-likeness (QED) is 0.603. The first-order chi connectivity index (χ1) is 8.73. The number of hydrogen-bond acceptors (Lipinski definition) is 0. The Morgan fingerprint density at radius 2 is 1.58 bits per heavy atom. The van der Waals surface area contributed by atoms with Gasteiger partial charge in [0.2, 0.25) is 0 Å². The van der Waals surface area contributed by atoms with Crippen LogP contribution in [0, 0.1) is 23.2 Å². The average Bonchev–Trinajstić information content (AvgIpc) is 2.27. The van der Waals surface area contributed by atoms with Crippen molar-refractivity contribution in [3.05, 3.63) is 42.5 Å². The predicted molar refractivity (Wildman–Crippen MR) is 87.0 cm³/mol. The van der Waals surface area contributed by atoms with Gasteiger partial charge in [-0.3, -0.25) is 0 Å². The van der Waals surface area contributed by atoms with Crippen LogP contribution in [-0.2, 0) is 0 Å². The average molecular weight is 258 g/mol. The first kappa shape index (κ1) is 16.0. The highest BCUT2D eigenvalue weighted by atomic mass is 14.4. The molecule has 0 saturated heterocycles. The fraction of sp³-hybridized carbons (Fsp3) is 0.579. The van der Waals surface area contributed by atoms with Crippen molar-refractivity contribution in [3.63, 3.8) is 0 Å². The molecule has 106 valence electrons. The topological polar surface area (TPSA) is 0 Å². The molecule has 1 rings (SSSR count). The Balaban J connectivity index is 3.02. The molecule has 0 amide bonds. The van der Waals surface area contributed by atoms with Gasteiger partial charge in [0.15, 0.2) is 0 Å². The lowest BCUT2D eigenvalue weighted by molar-refractivity contribution is 0.206. The summed E-state index contributed by atoms with van der Waals surface area (Å²) < 4.78 is 0. The minimum absolute atomic E-state index is 0.251. The summed E-state index contributed by atoms with van der Waals surface area (Å²) in [4.78, 5) is 0. The van der Waals surface area contributed by atoms with E-state index in [2.05, 4.69) is 78.5 Å². The van der Waals surface area contributed by atoms with E-state index in [9.17, 15) is 0 Å². The molecule has 19 heavy (non-hydrogen) atoms. The second kappa shape index (κ2) is 6.41. The van der Waals surface area contributed by atoms with Gasteiger partial charge >= 0.3 is 0 Å². The fourth-order valence-electron chi connectivity index (χ4n) is 3.43. The molecule has 0 heteroatoms. The Morgan fingerprint density at radius 3 is 2.00 bits per heavy atom. The molecule has 0 nitrogen and oxygen atoms in total. The molecule has 2 unspecified atom stereocenters. The van der Waals surface area contributed by atoms with Gasteiger partial charge in [0, 0.05) is 0 Å². The van der Waals surface area contributed by atoms with E-state index in [0.29, 0.717) is 11.8 Å². The van der Waals surface area contributed by atoms with Crippen molar-refractivity contribution in [1.82, 2.24) is 0 Å². The SMILES string of the molecule is C=C(c1ccccc1)C(C(C)CC(C)C)C(C)(C)C. The lowest BCUT2D eigenvalue weighted by Crippen LogP contribution is -2.28. The van der Waals surface area contributed by atoms with Crippen LogP contribution >= 0.6 is 0 Å². The molecule has 0 spiro atoms. The lowest BCUT2D eigenvalue weighted by Gasteiger charge is -2.38. The van der Waals surface area contributed by atoms with Gasteiger partial charge in [0.25, 0.3) is 0 Å². The van der Waals surface area contributed by atoms with E-state index < -0.39 is 0 Å². The van der Waals surface area contributed by atoms with Crippen LogP contribution < -0.4 is 0 Å². The summed E-state index contributed by atoms with van der Waals surface area (Å²) in [6.45, 7) is 18.4. The number of hydrogen-bond donors (Lipinski definition) is 0. The summed E-state index contributed by atoms with van der Waals surface area (Å²) in [5.41, 5.74) is 2.83. The highest BCUT2D eigenvalue weighted by molar-refractivity contribution is 5.66. The van der Waals surface area contributed by atoms with E-state index in [1.807, 2.05) is 0 Å². The highest BCUT2D eigenvalue weighted by Gasteiger charge is 2.32. The van der Waals surface area contributed by atoms with Crippen LogP contribution in [-0.4, -0.2) is 0 Å². The van der Waals surface area contributed by atoms with E-state index >= 15 is 0 Å². The normalized spacial score (nSPS) is 15.3. The van der Waals surface area contributed by atoms with Crippen LogP contribution in [0.4, 0.5) is 0 Å². The van der Waals surface area contributed by atoms with Gasteiger partial charge in [-0.15, -0.1) is 0 Å². The Bertz CT molecular complexity index is 392. The molecule has 0 aliphatic carbocycles. The number of allylic oxidation sites excluding steroid dienone is 1. The molecule has 0 heterocycles. The third-order valence-corrected chi connectivity index (χ3v) is 3.87. The van der Waals surface area contributed by atoms with Gasteiger partial charge in [-0.05, 0) is 40.7 Å². The zero-order chi connectivity index (χ0) is 14.6. The molecule has 0 saturated carbocycles. The van der Waals surface area contributed by atoms with Crippen LogP contribution in [0.2, 0.25) is 0 Å². The monoisotopic (exact) mass is 258 g/mol. The van der Waals surface area contributed by atoms with E-state index in [0.717, 1.165) is 5.92 Å². The van der Waals surface area contributed by atoms with E-state index in [1.165, 1.54) is 17.6 Å². The van der Waals surface area contributed by atoms with Crippen molar-refractivity contribution in [2.75, 3.05) is 0 Å². The summed E-state index contributed by atoms with van der Waals surface area (Å²) in [6.07, 6.45) is 1.26. The maximum Gasteiger partial charge on any atom is -0.00874 e. The molecule has 0 aromatic heterocycles. The van der Waals surface area contributed by atoms with E-state index in [1.54, 1.807) is 0 Å². The van der Waals surface area contributed by atoms with Gasteiger partial charge in [0.1, 0.15) is 0 Å². The summed E-state index contributed by atoms with van der Waals surface area (Å²) in [5, 5.41) is 0.